The first kappa shape index (κ1) is 17.1. The van der Waals surface area contributed by atoms with Crippen molar-refractivity contribution in [2.45, 2.75) is 13.0 Å². The number of nitrogens with zero attached hydrogens (tertiary/aromatic N) is 2. The van der Waals surface area contributed by atoms with Crippen LogP contribution in [0.4, 0.5) is 5.69 Å². The number of nitro groups is 1. The molecule has 0 spiro atoms. The quantitative estimate of drug-likeness (QED) is 0.488. The summed E-state index contributed by atoms with van der Waals surface area (Å²) in [7, 11) is 1.69. The third-order valence-corrected chi connectivity index (χ3v) is 6.56. The van der Waals surface area contributed by atoms with Crippen LogP contribution in [0, 0.1) is 10.1 Å². The molecule has 0 saturated carbocycles. The maximum Gasteiger partial charge on any atom is 0.269 e. The molecule has 8 heteroatoms. The minimum absolute atomic E-state index is 0.0202. The molecule has 0 aliphatic heterocycles. The average Bonchev–Trinajstić information content (AvgIpc) is 2.84. The van der Waals surface area contributed by atoms with Crippen LogP contribution in [-0.4, -0.2) is 22.8 Å². The molecule has 0 aliphatic carbocycles. The van der Waals surface area contributed by atoms with Crippen LogP contribution in [0.3, 0.4) is 0 Å². The van der Waals surface area contributed by atoms with Gasteiger partial charge < -0.3 is 4.90 Å². The van der Waals surface area contributed by atoms with Crippen LogP contribution in [0.15, 0.2) is 38.6 Å². The van der Waals surface area contributed by atoms with Gasteiger partial charge in [0.05, 0.1) is 19.6 Å². The molecule has 116 valence electrons. The summed E-state index contributed by atoms with van der Waals surface area (Å²) in [5.41, 5.74) is 0.742. The Labute approximate surface area is 148 Å². The zero-order chi connectivity index (χ0) is 16.4. The highest BCUT2D eigenvalue weighted by Gasteiger charge is 2.22. The lowest BCUT2D eigenvalue weighted by Gasteiger charge is -2.24. The van der Waals surface area contributed by atoms with E-state index in [0.717, 1.165) is 13.8 Å². The number of non-ortho nitro benzene ring substituents is 1. The van der Waals surface area contributed by atoms with Crippen molar-refractivity contribution in [1.82, 2.24) is 4.90 Å². The molecular formula is C14H12Br2N2O3S. The molecule has 0 radical (unpaired) electrons. The fourth-order valence-electron chi connectivity index (χ4n) is 1.92. The van der Waals surface area contributed by atoms with Crippen molar-refractivity contribution in [3.63, 3.8) is 0 Å². The van der Waals surface area contributed by atoms with Gasteiger partial charge in [-0.15, -0.1) is 11.3 Å². The molecule has 0 bridgehead atoms. The molecule has 1 aromatic carbocycles. The maximum atomic E-state index is 12.5. The van der Waals surface area contributed by atoms with Gasteiger partial charge >= 0.3 is 0 Å². The van der Waals surface area contributed by atoms with E-state index in [-0.39, 0.29) is 17.6 Å². The number of thiophene rings is 1. The maximum absolute atomic E-state index is 12.5. The molecule has 22 heavy (non-hydrogen) atoms. The third kappa shape index (κ3) is 3.56. The minimum atomic E-state index is -0.439. The van der Waals surface area contributed by atoms with Crippen molar-refractivity contribution in [1.29, 1.82) is 0 Å². The van der Waals surface area contributed by atoms with Crippen LogP contribution in [0.2, 0.25) is 0 Å². The second-order valence-electron chi connectivity index (χ2n) is 4.68. The fourth-order valence-corrected chi connectivity index (χ4v) is 3.94. The Morgan fingerprint density at radius 3 is 2.59 bits per heavy atom. The predicted molar refractivity (Wildman–Crippen MR) is 93.3 cm³/mol. The lowest BCUT2D eigenvalue weighted by molar-refractivity contribution is -0.384. The largest absolute Gasteiger partial charge is 0.334 e. The average molecular weight is 448 g/mol. The van der Waals surface area contributed by atoms with Gasteiger partial charge in [-0.3, -0.25) is 14.9 Å². The summed E-state index contributed by atoms with van der Waals surface area (Å²) in [6.07, 6.45) is 0. The SMILES string of the molecule is CC(c1cccc([N+](=O)[O-])c1)N(C)C(=O)c1cc(Br)c(Br)s1. The number of amides is 1. The van der Waals surface area contributed by atoms with Gasteiger partial charge in [0.1, 0.15) is 0 Å². The van der Waals surface area contributed by atoms with Gasteiger partial charge in [0.15, 0.2) is 0 Å². The van der Waals surface area contributed by atoms with E-state index in [4.69, 9.17) is 0 Å². The van der Waals surface area contributed by atoms with E-state index in [0.29, 0.717) is 4.88 Å². The number of hydrogen-bond donors (Lipinski definition) is 0. The Balaban J connectivity index is 2.24. The predicted octanol–water partition coefficient (Wildman–Crippen LogP) is 5.01. The monoisotopic (exact) mass is 446 g/mol. The summed E-state index contributed by atoms with van der Waals surface area (Å²) >= 11 is 8.07. The zero-order valence-electron chi connectivity index (χ0n) is 11.7. The lowest BCUT2D eigenvalue weighted by atomic mass is 10.1. The lowest BCUT2D eigenvalue weighted by Crippen LogP contribution is -2.29. The number of benzene rings is 1. The number of nitro benzene ring substituents is 1. The van der Waals surface area contributed by atoms with Gasteiger partial charge in [0.2, 0.25) is 0 Å². The molecular weight excluding hydrogens is 436 g/mol. The minimum Gasteiger partial charge on any atom is -0.334 e. The Morgan fingerprint density at radius 1 is 1.36 bits per heavy atom. The van der Waals surface area contributed by atoms with Gasteiger partial charge in [-0.2, -0.15) is 0 Å². The summed E-state index contributed by atoms with van der Waals surface area (Å²) in [5, 5.41) is 10.9. The Hall–Kier alpha value is -1.25. The first-order chi connectivity index (χ1) is 10.3. The Morgan fingerprint density at radius 2 is 2.05 bits per heavy atom. The third-order valence-electron chi connectivity index (χ3n) is 3.32. The van der Waals surface area contributed by atoms with Crippen LogP contribution in [-0.2, 0) is 0 Å². The summed E-state index contributed by atoms with van der Waals surface area (Å²) in [6.45, 7) is 1.84. The van der Waals surface area contributed by atoms with E-state index >= 15 is 0 Å². The number of rotatable bonds is 4. The van der Waals surface area contributed by atoms with Crippen LogP contribution in [0.25, 0.3) is 0 Å². The van der Waals surface area contributed by atoms with Crippen molar-refractivity contribution >= 4 is 54.8 Å². The molecule has 1 aromatic heterocycles. The molecule has 2 rings (SSSR count). The van der Waals surface area contributed by atoms with E-state index in [2.05, 4.69) is 31.9 Å². The normalized spacial score (nSPS) is 12.0. The molecule has 0 fully saturated rings. The first-order valence-electron chi connectivity index (χ1n) is 6.27. The highest BCUT2D eigenvalue weighted by Crippen LogP contribution is 2.34. The molecule has 1 atom stereocenters. The van der Waals surface area contributed by atoms with E-state index in [1.165, 1.54) is 23.5 Å². The van der Waals surface area contributed by atoms with E-state index < -0.39 is 4.92 Å². The standard InChI is InChI=1S/C14H12Br2N2O3S/c1-8(9-4-3-5-10(6-9)18(20)21)17(2)14(19)12-7-11(15)13(16)22-12/h3-8H,1-2H3. The van der Waals surface area contributed by atoms with Gasteiger partial charge in [-0.1, -0.05) is 12.1 Å². The summed E-state index contributed by atoms with van der Waals surface area (Å²) < 4.78 is 1.68. The fraction of sp³-hybridized carbons (Fsp3) is 0.214. The van der Waals surface area contributed by atoms with Crippen LogP contribution < -0.4 is 0 Å². The number of halogens is 2. The van der Waals surface area contributed by atoms with E-state index in [9.17, 15) is 14.9 Å². The molecule has 1 unspecified atom stereocenters. The second-order valence-corrected chi connectivity index (χ2v) is 7.90. The van der Waals surface area contributed by atoms with Gasteiger partial charge in [0.25, 0.3) is 11.6 Å². The van der Waals surface area contributed by atoms with Crippen molar-refractivity contribution < 1.29 is 9.72 Å². The number of carbonyl (C=O) groups is 1. The summed E-state index contributed by atoms with van der Waals surface area (Å²) in [5.74, 6) is -0.129. The van der Waals surface area contributed by atoms with Crippen molar-refractivity contribution in [2.75, 3.05) is 7.05 Å². The summed E-state index contributed by atoms with van der Waals surface area (Å²) in [6, 6.07) is 7.82. The highest BCUT2D eigenvalue weighted by molar-refractivity contribution is 9.13. The molecule has 5 nitrogen and oxygen atoms in total. The van der Waals surface area contributed by atoms with Crippen molar-refractivity contribution in [2.24, 2.45) is 0 Å². The van der Waals surface area contributed by atoms with Crippen LogP contribution >= 0.6 is 43.2 Å². The van der Waals surface area contributed by atoms with Crippen LogP contribution in [0.1, 0.15) is 28.2 Å². The van der Waals surface area contributed by atoms with Gasteiger partial charge in [-0.05, 0) is 50.4 Å². The zero-order valence-corrected chi connectivity index (χ0v) is 15.7. The van der Waals surface area contributed by atoms with Crippen molar-refractivity contribution in [3.8, 4) is 0 Å². The number of hydrogen-bond acceptors (Lipinski definition) is 4. The second kappa shape index (κ2) is 6.89. The molecule has 0 N–H and O–H groups in total. The van der Waals surface area contributed by atoms with Crippen LogP contribution in [0.5, 0.6) is 0 Å². The first-order valence-corrected chi connectivity index (χ1v) is 8.68. The van der Waals surface area contributed by atoms with E-state index in [1.54, 1.807) is 30.1 Å². The summed E-state index contributed by atoms with van der Waals surface area (Å²) in [4.78, 5) is 25.1. The Kier molecular flexibility index (Phi) is 5.36. The molecule has 0 saturated heterocycles. The molecule has 1 heterocycles. The smallest absolute Gasteiger partial charge is 0.269 e. The van der Waals surface area contributed by atoms with E-state index in [1.807, 2.05) is 6.92 Å². The van der Waals surface area contributed by atoms with Crippen molar-refractivity contribution in [3.05, 3.63) is 59.1 Å². The Bertz CT molecular complexity index is 713. The molecule has 1 amide bonds. The number of carbonyl (C=O) groups excluding carboxylic acids is 1. The molecule has 2 aromatic rings. The topological polar surface area (TPSA) is 63.5 Å². The molecule has 0 aliphatic rings. The van der Waals surface area contributed by atoms with Gasteiger partial charge in [0, 0.05) is 23.7 Å². The van der Waals surface area contributed by atoms with Gasteiger partial charge in [-0.25, -0.2) is 0 Å². The highest BCUT2D eigenvalue weighted by atomic mass is 79.9.